The third-order valence-electron chi connectivity index (χ3n) is 1.27. The van der Waals surface area contributed by atoms with Gasteiger partial charge in [-0.25, -0.2) is 0 Å². The average molecular weight is 148 g/mol. The first-order chi connectivity index (χ1) is 5.43. The maximum atomic E-state index is 4.02. The van der Waals surface area contributed by atoms with Crippen LogP contribution in [0.25, 0.3) is 0 Å². The Labute approximate surface area is 67.0 Å². The monoisotopic (exact) mass is 148 g/mol. The van der Waals surface area contributed by atoms with Crippen LogP contribution >= 0.6 is 0 Å². The van der Waals surface area contributed by atoms with Crippen molar-refractivity contribution in [3.8, 4) is 0 Å². The highest BCUT2D eigenvalue weighted by Crippen LogP contribution is 2.09. The highest BCUT2D eigenvalue weighted by molar-refractivity contribution is 5.34. The van der Waals surface area contributed by atoms with E-state index in [4.69, 9.17) is 0 Å². The number of hydrogen-bond acceptors (Lipinski definition) is 2. The molecule has 0 spiro atoms. The Hall–Kier alpha value is -1.18. The fourth-order valence-corrected chi connectivity index (χ4v) is 0.726. The molecule has 0 radical (unpaired) electrons. The number of benzene rings is 1. The molecule has 0 aliphatic heterocycles. The molecule has 0 saturated carbocycles. The highest BCUT2D eigenvalue weighted by atomic mass is 15.1. The van der Waals surface area contributed by atoms with E-state index >= 15 is 0 Å². The normalized spacial score (nSPS) is 10.6. The van der Waals surface area contributed by atoms with E-state index in [0.717, 1.165) is 18.7 Å². The van der Waals surface area contributed by atoms with Gasteiger partial charge in [0.1, 0.15) is 0 Å². The first-order valence-electron chi connectivity index (χ1n) is 3.86. The largest absolute Gasteiger partial charge is 0.189 e. The fraction of sp³-hybridized carbons (Fsp3) is 0.333. The minimum Gasteiger partial charge on any atom is -0.189 e. The van der Waals surface area contributed by atoms with Crippen LogP contribution in [0, 0.1) is 0 Å². The van der Waals surface area contributed by atoms with Gasteiger partial charge in [0.25, 0.3) is 0 Å². The minimum absolute atomic E-state index is 0.814. The van der Waals surface area contributed by atoms with Crippen molar-refractivity contribution in [2.45, 2.75) is 13.3 Å². The van der Waals surface area contributed by atoms with Gasteiger partial charge >= 0.3 is 0 Å². The molecular weight excluding hydrogens is 136 g/mol. The quantitative estimate of drug-likeness (QED) is 0.588. The standard InChI is InChI=1S/C9H12N2/c1-2-8-10-11-9-6-4-3-5-7-9/h3-7H,2,8H2,1H3. The summed E-state index contributed by atoms with van der Waals surface area (Å²) in [7, 11) is 0. The lowest BCUT2D eigenvalue weighted by Crippen LogP contribution is -1.70. The number of azo groups is 1. The Kier molecular flexibility index (Phi) is 3.32. The average Bonchev–Trinajstić information content (AvgIpc) is 2.07. The van der Waals surface area contributed by atoms with E-state index in [0.29, 0.717) is 0 Å². The van der Waals surface area contributed by atoms with E-state index < -0.39 is 0 Å². The summed E-state index contributed by atoms with van der Waals surface area (Å²) in [5.41, 5.74) is 0.931. The first kappa shape index (κ1) is 7.92. The van der Waals surface area contributed by atoms with Gasteiger partial charge in [-0.05, 0) is 18.6 Å². The lowest BCUT2D eigenvalue weighted by Gasteiger charge is -1.88. The number of rotatable bonds is 3. The molecule has 2 heteroatoms. The van der Waals surface area contributed by atoms with Gasteiger partial charge in [-0.15, -0.1) is 0 Å². The maximum Gasteiger partial charge on any atom is 0.0852 e. The molecule has 0 heterocycles. The molecule has 0 saturated heterocycles. The molecule has 0 N–H and O–H groups in total. The summed E-state index contributed by atoms with van der Waals surface area (Å²) in [6.07, 6.45) is 1.05. The van der Waals surface area contributed by atoms with Crippen LogP contribution in [-0.2, 0) is 0 Å². The Morgan fingerprint density at radius 1 is 1.18 bits per heavy atom. The molecule has 0 atom stereocenters. The van der Waals surface area contributed by atoms with Crippen LogP contribution in [0.1, 0.15) is 13.3 Å². The summed E-state index contributed by atoms with van der Waals surface area (Å²) in [5, 5.41) is 8.01. The molecule has 0 bridgehead atoms. The van der Waals surface area contributed by atoms with Gasteiger partial charge in [-0.1, -0.05) is 25.1 Å². The molecule has 0 fully saturated rings. The molecular formula is C9H12N2. The van der Waals surface area contributed by atoms with Crippen LogP contribution < -0.4 is 0 Å². The summed E-state index contributed by atoms with van der Waals surface area (Å²) in [4.78, 5) is 0. The smallest absolute Gasteiger partial charge is 0.0852 e. The summed E-state index contributed by atoms with van der Waals surface area (Å²) >= 11 is 0. The molecule has 1 aromatic rings. The zero-order valence-electron chi connectivity index (χ0n) is 6.70. The summed E-state index contributed by atoms with van der Waals surface area (Å²) in [6, 6.07) is 9.78. The van der Waals surface area contributed by atoms with Gasteiger partial charge in [0, 0.05) is 0 Å². The van der Waals surface area contributed by atoms with Gasteiger partial charge < -0.3 is 0 Å². The van der Waals surface area contributed by atoms with Crippen LogP contribution in [0.5, 0.6) is 0 Å². The molecule has 2 nitrogen and oxygen atoms in total. The van der Waals surface area contributed by atoms with Gasteiger partial charge in [0.05, 0.1) is 12.2 Å². The Morgan fingerprint density at radius 2 is 1.91 bits per heavy atom. The second-order valence-corrected chi connectivity index (χ2v) is 2.30. The van der Waals surface area contributed by atoms with Crippen LogP contribution in [0.3, 0.4) is 0 Å². The molecule has 11 heavy (non-hydrogen) atoms. The summed E-state index contributed by atoms with van der Waals surface area (Å²) in [6.45, 7) is 2.90. The van der Waals surface area contributed by atoms with Crippen molar-refractivity contribution >= 4 is 5.69 Å². The molecule has 0 aliphatic carbocycles. The van der Waals surface area contributed by atoms with Crippen LogP contribution in [0.2, 0.25) is 0 Å². The van der Waals surface area contributed by atoms with E-state index in [1.807, 2.05) is 30.3 Å². The Balaban J connectivity index is 2.50. The van der Waals surface area contributed by atoms with Gasteiger partial charge in [0.15, 0.2) is 0 Å². The summed E-state index contributed by atoms with van der Waals surface area (Å²) < 4.78 is 0. The zero-order valence-corrected chi connectivity index (χ0v) is 6.70. The van der Waals surface area contributed by atoms with Gasteiger partial charge in [-0.2, -0.15) is 10.2 Å². The van der Waals surface area contributed by atoms with Crippen molar-refractivity contribution in [1.29, 1.82) is 0 Å². The molecule has 1 rings (SSSR count). The van der Waals surface area contributed by atoms with E-state index in [1.54, 1.807) is 0 Å². The molecule has 1 aromatic carbocycles. The zero-order chi connectivity index (χ0) is 7.94. The lowest BCUT2D eigenvalue weighted by atomic mass is 10.3. The highest BCUT2D eigenvalue weighted by Gasteiger charge is 1.82. The predicted molar refractivity (Wildman–Crippen MR) is 46.1 cm³/mol. The minimum atomic E-state index is 0.814. The van der Waals surface area contributed by atoms with E-state index in [9.17, 15) is 0 Å². The third-order valence-corrected chi connectivity index (χ3v) is 1.27. The number of nitrogens with zero attached hydrogens (tertiary/aromatic N) is 2. The van der Waals surface area contributed by atoms with E-state index in [-0.39, 0.29) is 0 Å². The fourth-order valence-electron chi connectivity index (χ4n) is 0.726. The first-order valence-corrected chi connectivity index (χ1v) is 3.86. The number of hydrogen-bond donors (Lipinski definition) is 0. The van der Waals surface area contributed by atoms with Crippen LogP contribution in [0.4, 0.5) is 5.69 Å². The Morgan fingerprint density at radius 3 is 2.55 bits per heavy atom. The van der Waals surface area contributed by atoms with Crippen molar-refractivity contribution in [2.24, 2.45) is 10.2 Å². The SMILES string of the molecule is CCCN=Nc1ccccc1. The topological polar surface area (TPSA) is 24.7 Å². The molecule has 0 unspecified atom stereocenters. The van der Waals surface area contributed by atoms with Crippen molar-refractivity contribution in [3.63, 3.8) is 0 Å². The van der Waals surface area contributed by atoms with Gasteiger partial charge in [-0.3, -0.25) is 0 Å². The molecule has 58 valence electrons. The van der Waals surface area contributed by atoms with Crippen molar-refractivity contribution in [2.75, 3.05) is 6.54 Å². The molecule has 0 aliphatic rings. The third kappa shape index (κ3) is 2.94. The van der Waals surface area contributed by atoms with Gasteiger partial charge in [0.2, 0.25) is 0 Å². The maximum absolute atomic E-state index is 4.02. The van der Waals surface area contributed by atoms with Crippen molar-refractivity contribution < 1.29 is 0 Å². The molecule has 0 aromatic heterocycles. The second-order valence-electron chi connectivity index (χ2n) is 2.30. The lowest BCUT2D eigenvalue weighted by molar-refractivity contribution is 0.876. The second kappa shape index (κ2) is 4.61. The van der Waals surface area contributed by atoms with Crippen LogP contribution in [-0.4, -0.2) is 6.54 Å². The summed E-state index contributed by atoms with van der Waals surface area (Å²) in [5.74, 6) is 0. The van der Waals surface area contributed by atoms with E-state index in [1.165, 1.54) is 0 Å². The van der Waals surface area contributed by atoms with E-state index in [2.05, 4.69) is 17.2 Å². The Bertz CT molecular complexity index is 216. The predicted octanol–water partition coefficient (Wildman–Crippen LogP) is 3.18. The van der Waals surface area contributed by atoms with Crippen molar-refractivity contribution in [3.05, 3.63) is 30.3 Å². The molecule has 0 amide bonds. The van der Waals surface area contributed by atoms with Crippen molar-refractivity contribution in [1.82, 2.24) is 0 Å². The van der Waals surface area contributed by atoms with Crippen LogP contribution in [0.15, 0.2) is 40.6 Å².